The van der Waals surface area contributed by atoms with E-state index in [2.05, 4.69) is 25.6 Å². The van der Waals surface area contributed by atoms with Crippen LogP contribution in [-0.4, -0.2) is 31.7 Å². The van der Waals surface area contributed by atoms with E-state index < -0.39 is 5.91 Å². The lowest BCUT2D eigenvalue weighted by Gasteiger charge is -1.98. The van der Waals surface area contributed by atoms with Crippen molar-refractivity contribution >= 4 is 41.1 Å². The molecule has 122 valence electrons. The number of hydrogen-bond donors (Lipinski definition) is 1. The topological polar surface area (TPSA) is 84.5 Å². The Kier molecular flexibility index (Phi) is 4.46. The van der Waals surface area contributed by atoms with E-state index in [1.54, 1.807) is 18.2 Å². The Hall–Kier alpha value is -2.51. The summed E-state index contributed by atoms with van der Waals surface area (Å²) in [6, 6.07) is 6.86. The van der Waals surface area contributed by atoms with Crippen LogP contribution in [0.3, 0.4) is 0 Å². The van der Waals surface area contributed by atoms with Crippen molar-refractivity contribution in [1.29, 1.82) is 0 Å². The molecule has 2 aromatic heterocycles. The normalized spacial score (nSPS) is 11.3. The Balaban J connectivity index is 1.76. The Morgan fingerprint density at radius 2 is 2.00 bits per heavy atom. The average Bonchev–Trinajstić information content (AvgIpc) is 2.95. The molecule has 3 rings (SSSR count). The highest BCUT2D eigenvalue weighted by molar-refractivity contribution is 6.42. The monoisotopic (exact) mass is 362 g/mol. The molecule has 0 saturated carbocycles. The van der Waals surface area contributed by atoms with Gasteiger partial charge in [0, 0.05) is 11.4 Å². The minimum absolute atomic E-state index is 0.0116. The molecule has 1 aromatic carbocycles. The van der Waals surface area contributed by atoms with Crippen molar-refractivity contribution < 1.29 is 4.79 Å². The van der Waals surface area contributed by atoms with E-state index in [1.807, 2.05) is 19.9 Å². The number of nitrogens with one attached hydrogen (secondary N) is 1. The quantitative estimate of drug-likeness (QED) is 0.573. The Morgan fingerprint density at radius 1 is 1.21 bits per heavy atom. The van der Waals surface area contributed by atoms with Crippen LogP contribution in [0, 0.1) is 13.8 Å². The summed E-state index contributed by atoms with van der Waals surface area (Å²) < 4.78 is 1.50. The summed E-state index contributed by atoms with van der Waals surface area (Å²) in [5, 5.41) is 8.84. The van der Waals surface area contributed by atoms with Gasteiger partial charge in [0.2, 0.25) is 5.82 Å². The van der Waals surface area contributed by atoms with Crippen LogP contribution in [0.1, 0.15) is 27.6 Å². The number of rotatable bonds is 3. The zero-order chi connectivity index (χ0) is 17.3. The number of nitrogens with zero attached hydrogens (tertiary/aromatic N) is 5. The van der Waals surface area contributed by atoms with Gasteiger partial charge in [-0.15, -0.1) is 5.10 Å². The molecule has 7 nitrogen and oxygen atoms in total. The molecular formula is C15H12Cl2N6O. The summed E-state index contributed by atoms with van der Waals surface area (Å²) >= 11 is 11.7. The van der Waals surface area contributed by atoms with E-state index in [0.29, 0.717) is 21.4 Å². The first kappa shape index (κ1) is 16.4. The molecule has 1 amide bonds. The number of carbonyl (C=O) groups excluding carboxylic acids is 1. The number of fused-ring (bicyclic) bond motifs is 1. The predicted octanol–water partition coefficient (Wildman–Crippen LogP) is 2.81. The number of hydrazone groups is 1. The van der Waals surface area contributed by atoms with Gasteiger partial charge in [-0.05, 0) is 37.6 Å². The number of halogens is 2. The molecule has 0 saturated heterocycles. The molecule has 0 spiro atoms. The number of carbonyl (C=O) groups is 1. The number of amides is 1. The van der Waals surface area contributed by atoms with Gasteiger partial charge < -0.3 is 0 Å². The molecule has 0 fully saturated rings. The van der Waals surface area contributed by atoms with Gasteiger partial charge in [-0.1, -0.05) is 29.3 Å². The van der Waals surface area contributed by atoms with Crippen molar-refractivity contribution in [3.05, 3.63) is 57.1 Å². The second kappa shape index (κ2) is 6.54. The number of aryl methyl sites for hydroxylation is 2. The van der Waals surface area contributed by atoms with E-state index in [-0.39, 0.29) is 5.82 Å². The van der Waals surface area contributed by atoms with Crippen LogP contribution in [0.25, 0.3) is 5.78 Å². The largest absolute Gasteiger partial charge is 0.311 e. The molecule has 0 atom stereocenters. The highest BCUT2D eigenvalue weighted by atomic mass is 35.5. The third-order valence-corrected chi connectivity index (χ3v) is 3.88. The zero-order valence-electron chi connectivity index (χ0n) is 12.8. The van der Waals surface area contributed by atoms with E-state index in [0.717, 1.165) is 11.4 Å². The van der Waals surface area contributed by atoms with Crippen molar-refractivity contribution in [1.82, 2.24) is 25.0 Å². The van der Waals surface area contributed by atoms with Gasteiger partial charge in [0.05, 0.1) is 16.3 Å². The summed E-state index contributed by atoms with van der Waals surface area (Å²) in [6.07, 6.45) is 1.45. The second-order valence-electron chi connectivity index (χ2n) is 5.06. The second-order valence-corrected chi connectivity index (χ2v) is 5.87. The molecule has 0 aliphatic rings. The lowest BCUT2D eigenvalue weighted by atomic mass is 10.2. The van der Waals surface area contributed by atoms with Gasteiger partial charge in [0.25, 0.3) is 5.78 Å². The maximum atomic E-state index is 12.1. The van der Waals surface area contributed by atoms with Crippen molar-refractivity contribution in [2.45, 2.75) is 13.8 Å². The molecule has 0 aliphatic heterocycles. The van der Waals surface area contributed by atoms with Crippen molar-refractivity contribution in [3.8, 4) is 0 Å². The molecule has 1 N–H and O–H groups in total. The number of benzene rings is 1. The minimum Gasteiger partial charge on any atom is -0.264 e. The third-order valence-electron chi connectivity index (χ3n) is 3.14. The lowest BCUT2D eigenvalue weighted by Crippen LogP contribution is -2.19. The van der Waals surface area contributed by atoms with E-state index in [9.17, 15) is 4.79 Å². The lowest BCUT2D eigenvalue weighted by molar-refractivity contribution is 0.0945. The molecule has 0 aliphatic carbocycles. The summed E-state index contributed by atoms with van der Waals surface area (Å²) in [5.74, 6) is -0.178. The van der Waals surface area contributed by atoms with Crippen LogP contribution in [-0.2, 0) is 0 Å². The van der Waals surface area contributed by atoms with E-state index in [1.165, 1.54) is 10.7 Å². The fourth-order valence-corrected chi connectivity index (χ4v) is 2.38. The maximum Gasteiger partial charge on any atom is 0.311 e. The van der Waals surface area contributed by atoms with Gasteiger partial charge in [-0.3, -0.25) is 4.79 Å². The molecule has 3 aromatic rings. The average molecular weight is 363 g/mol. The van der Waals surface area contributed by atoms with Gasteiger partial charge in [0.15, 0.2) is 0 Å². The van der Waals surface area contributed by atoms with E-state index >= 15 is 0 Å². The summed E-state index contributed by atoms with van der Waals surface area (Å²) in [5.41, 5.74) is 4.70. The van der Waals surface area contributed by atoms with Crippen LogP contribution >= 0.6 is 23.2 Å². The molecule has 0 bridgehead atoms. The number of aromatic nitrogens is 4. The van der Waals surface area contributed by atoms with Crippen LogP contribution < -0.4 is 5.43 Å². The minimum atomic E-state index is -0.533. The highest BCUT2D eigenvalue weighted by Gasteiger charge is 2.14. The third kappa shape index (κ3) is 3.37. The fraction of sp³-hybridized carbons (Fsp3) is 0.133. The Morgan fingerprint density at radius 3 is 2.75 bits per heavy atom. The van der Waals surface area contributed by atoms with Crippen molar-refractivity contribution in [2.24, 2.45) is 5.10 Å². The van der Waals surface area contributed by atoms with Crippen LogP contribution in [0.15, 0.2) is 29.4 Å². The molecule has 0 unspecified atom stereocenters. The maximum absolute atomic E-state index is 12.1. The molecule has 0 radical (unpaired) electrons. The van der Waals surface area contributed by atoms with Gasteiger partial charge >= 0.3 is 5.91 Å². The first-order chi connectivity index (χ1) is 11.4. The van der Waals surface area contributed by atoms with Crippen LogP contribution in [0.4, 0.5) is 0 Å². The first-order valence-electron chi connectivity index (χ1n) is 6.93. The molecule has 9 heteroatoms. The molecule has 2 heterocycles. The Bertz CT molecular complexity index is 966. The number of hydrogen-bond acceptors (Lipinski definition) is 5. The standard InChI is InChI=1S/C15H12Cl2N6O/c1-8-5-9(2)23-15(19-8)20-13(22-23)14(24)21-18-7-10-3-4-11(16)12(17)6-10/h3-7H,1-2H3,(H,21,24)/b18-7-. The van der Waals surface area contributed by atoms with Gasteiger partial charge in [0.1, 0.15) is 0 Å². The SMILES string of the molecule is Cc1cc(C)n2nc(C(=O)N/N=C\c3ccc(Cl)c(Cl)c3)nc2n1. The van der Waals surface area contributed by atoms with Crippen LogP contribution in [0.5, 0.6) is 0 Å². The zero-order valence-corrected chi connectivity index (χ0v) is 14.3. The van der Waals surface area contributed by atoms with Gasteiger partial charge in [-0.25, -0.2) is 14.9 Å². The molecule has 24 heavy (non-hydrogen) atoms. The van der Waals surface area contributed by atoms with E-state index in [4.69, 9.17) is 23.2 Å². The predicted molar refractivity (Wildman–Crippen MR) is 91.8 cm³/mol. The van der Waals surface area contributed by atoms with Gasteiger partial charge in [-0.2, -0.15) is 10.1 Å². The van der Waals surface area contributed by atoms with Crippen molar-refractivity contribution in [2.75, 3.05) is 0 Å². The smallest absolute Gasteiger partial charge is 0.264 e. The molecular weight excluding hydrogens is 351 g/mol. The Labute approximate surface area is 147 Å². The summed E-state index contributed by atoms with van der Waals surface area (Å²) in [6.45, 7) is 3.71. The summed E-state index contributed by atoms with van der Waals surface area (Å²) in [4.78, 5) is 20.4. The first-order valence-corrected chi connectivity index (χ1v) is 7.69. The highest BCUT2D eigenvalue weighted by Crippen LogP contribution is 2.21. The fourth-order valence-electron chi connectivity index (χ4n) is 2.07. The summed E-state index contributed by atoms with van der Waals surface area (Å²) in [7, 11) is 0. The van der Waals surface area contributed by atoms with Crippen molar-refractivity contribution in [3.63, 3.8) is 0 Å². The van der Waals surface area contributed by atoms with Crippen LogP contribution in [0.2, 0.25) is 10.0 Å².